The fourth-order valence-electron chi connectivity index (χ4n) is 2.90. The molecule has 0 radical (unpaired) electrons. The summed E-state index contributed by atoms with van der Waals surface area (Å²) in [5, 5.41) is 0.334. The standard InChI is InChI=1S/C18H18Cl2N2O4S/c1-26-16-8-7-12(11-13(16)18(23)22-9-2-3-10-22)27(24,25)21-15-6-4-5-14(19)17(15)20/h4-8,11,21H,2-3,9-10H2,1H3. The van der Waals surface area contributed by atoms with E-state index >= 15 is 0 Å². The highest BCUT2D eigenvalue weighted by molar-refractivity contribution is 7.92. The lowest BCUT2D eigenvalue weighted by Gasteiger charge is -2.18. The second-order valence-electron chi connectivity index (χ2n) is 6.07. The van der Waals surface area contributed by atoms with Crippen molar-refractivity contribution in [2.75, 3.05) is 24.9 Å². The predicted molar refractivity (Wildman–Crippen MR) is 105 cm³/mol. The Hall–Kier alpha value is -1.96. The van der Waals surface area contributed by atoms with Crippen molar-refractivity contribution in [1.29, 1.82) is 0 Å². The first-order valence-corrected chi connectivity index (χ1v) is 10.5. The molecule has 1 amide bonds. The molecule has 0 bridgehead atoms. The molecule has 1 aliphatic heterocycles. The lowest BCUT2D eigenvalue weighted by atomic mass is 10.1. The van der Waals surface area contributed by atoms with Gasteiger partial charge in [-0.1, -0.05) is 29.3 Å². The van der Waals surface area contributed by atoms with E-state index in [4.69, 9.17) is 27.9 Å². The zero-order chi connectivity index (χ0) is 19.6. The van der Waals surface area contributed by atoms with E-state index in [1.807, 2.05) is 0 Å². The third-order valence-electron chi connectivity index (χ3n) is 4.30. The van der Waals surface area contributed by atoms with Gasteiger partial charge in [-0.05, 0) is 43.2 Å². The van der Waals surface area contributed by atoms with Crippen LogP contribution in [-0.4, -0.2) is 39.4 Å². The maximum Gasteiger partial charge on any atom is 0.261 e. The smallest absolute Gasteiger partial charge is 0.261 e. The Balaban J connectivity index is 1.97. The molecule has 0 atom stereocenters. The third-order valence-corrected chi connectivity index (χ3v) is 6.48. The molecule has 0 saturated carbocycles. The number of sulfonamides is 1. The Labute approximate surface area is 168 Å². The molecular formula is C18H18Cl2N2O4S. The van der Waals surface area contributed by atoms with Gasteiger partial charge in [-0.15, -0.1) is 0 Å². The number of amides is 1. The van der Waals surface area contributed by atoms with Gasteiger partial charge in [0.25, 0.3) is 15.9 Å². The summed E-state index contributed by atoms with van der Waals surface area (Å²) in [5.41, 5.74) is 0.367. The molecule has 1 saturated heterocycles. The summed E-state index contributed by atoms with van der Waals surface area (Å²) in [6.07, 6.45) is 1.86. The summed E-state index contributed by atoms with van der Waals surface area (Å²) < 4.78 is 33.2. The Morgan fingerprint density at radius 3 is 2.52 bits per heavy atom. The summed E-state index contributed by atoms with van der Waals surface area (Å²) in [6.45, 7) is 1.30. The molecule has 1 N–H and O–H groups in total. The molecule has 9 heteroatoms. The van der Waals surface area contributed by atoms with Crippen LogP contribution in [0.25, 0.3) is 0 Å². The van der Waals surface area contributed by atoms with Gasteiger partial charge in [0.1, 0.15) is 5.75 Å². The van der Waals surface area contributed by atoms with Gasteiger partial charge in [0.15, 0.2) is 0 Å². The number of ether oxygens (including phenoxy) is 1. The topological polar surface area (TPSA) is 75.7 Å². The Kier molecular flexibility index (Phi) is 5.83. The monoisotopic (exact) mass is 428 g/mol. The SMILES string of the molecule is COc1ccc(S(=O)(=O)Nc2cccc(Cl)c2Cl)cc1C(=O)N1CCCC1. The summed E-state index contributed by atoms with van der Waals surface area (Å²) in [4.78, 5) is 14.4. The lowest BCUT2D eigenvalue weighted by molar-refractivity contribution is 0.0789. The number of methoxy groups -OCH3 is 1. The van der Waals surface area contributed by atoms with Crippen LogP contribution in [0.2, 0.25) is 10.0 Å². The molecule has 2 aromatic rings. The van der Waals surface area contributed by atoms with Crippen LogP contribution in [0.1, 0.15) is 23.2 Å². The number of carbonyl (C=O) groups excluding carboxylic acids is 1. The summed E-state index contributed by atoms with van der Waals surface area (Å²) >= 11 is 12.0. The number of likely N-dealkylation sites (tertiary alicyclic amines) is 1. The van der Waals surface area contributed by atoms with Gasteiger partial charge in [0, 0.05) is 13.1 Å². The van der Waals surface area contributed by atoms with Crippen LogP contribution in [0.3, 0.4) is 0 Å². The number of rotatable bonds is 5. The molecule has 1 heterocycles. The van der Waals surface area contributed by atoms with E-state index in [0.29, 0.717) is 18.8 Å². The average Bonchev–Trinajstić information content (AvgIpc) is 3.19. The van der Waals surface area contributed by atoms with Crippen LogP contribution < -0.4 is 9.46 Å². The molecule has 2 aromatic carbocycles. The second-order valence-corrected chi connectivity index (χ2v) is 8.54. The molecule has 1 aliphatic rings. The zero-order valence-corrected chi connectivity index (χ0v) is 16.9. The van der Waals surface area contributed by atoms with Crippen LogP contribution in [0.4, 0.5) is 5.69 Å². The molecule has 6 nitrogen and oxygen atoms in total. The van der Waals surface area contributed by atoms with Crippen molar-refractivity contribution in [3.63, 3.8) is 0 Å². The minimum absolute atomic E-state index is 0.0677. The van der Waals surface area contributed by atoms with Crippen LogP contribution >= 0.6 is 23.2 Å². The van der Waals surface area contributed by atoms with E-state index in [0.717, 1.165) is 12.8 Å². The van der Waals surface area contributed by atoms with Crippen LogP contribution in [0, 0.1) is 0 Å². The van der Waals surface area contributed by atoms with E-state index in [-0.39, 0.29) is 32.1 Å². The van der Waals surface area contributed by atoms with Gasteiger partial charge < -0.3 is 9.64 Å². The molecule has 0 spiro atoms. The van der Waals surface area contributed by atoms with Crippen molar-refractivity contribution < 1.29 is 17.9 Å². The van der Waals surface area contributed by atoms with Crippen LogP contribution in [0.5, 0.6) is 5.75 Å². The highest BCUT2D eigenvalue weighted by Gasteiger charge is 2.25. The number of benzene rings is 2. The first kappa shape index (κ1) is 19.8. The second kappa shape index (κ2) is 7.96. The number of anilines is 1. The molecule has 0 unspecified atom stereocenters. The van der Waals surface area contributed by atoms with Crippen molar-refractivity contribution in [2.45, 2.75) is 17.7 Å². The number of halogens is 2. The van der Waals surface area contributed by atoms with Crippen molar-refractivity contribution >= 4 is 44.8 Å². The maximum atomic E-state index is 12.8. The molecular weight excluding hydrogens is 411 g/mol. The Morgan fingerprint density at radius 2 is 1.85 bits per heavy atom. The van der Waals surface area contributed by atoms with Gasteiger partial charge in [-0.2, -0.15) is 0 Å². The number of nitrogens with one attached hydrogen (secondary N) is 1. The molecule has 3 rings (SSSR count). The third kappa shape index (κ3) is 4.15. The van der Waals surface area contributed by atoms with E-state index in [1.54, 1.807) is 17.0 Å². The fraction of sp³-hybridized carbons (Fsp3) is 0.278. The lowest BCUT2D eigenvalue weighted by Crippen LogP contribution is -2.28. The van der Waals surface area contributed by atoms with Gasteiger partial charge in [-0.25, -0.2) is 8.42 Å². The number of carbonyl (C=O) groups is 1. The van der Waals surface area contributed by atoms with Crippen molar-refractivity contribution in [1.82, 2.24) is 4.90 Å². The van der Waals surface area contributed by atoms with Gasteiger partial charge in [-0.3, -0.25) is 9.52 Å². The van der Waals surface area contributed by atoms with E-state index < -0.39 is 10.0 Å². The van der Waals surface area contributed by atoms with Gasteiger partial charge in [0.05, 0.1) is 33.3 Å². The minimum Gasteiger partial charge on any atom is -0.496 e. The van der Waals surface area contributed by atoms with E-state index in [1.165, 1.54) is 31.4 Å². The summed E-state index contributed by atoms with van der Waals surface area (Å²) in [7, 11) is -2.54. The molecule has 0 aromatic heterocycles. The Bertz CT molecular complexity index is 973. The Morgan fingerprint density at radius 1 is 1.15 bits per heavy atom. The van der Waals surface area contributed by atoms with Crippen molar-refractivity contribution in [3.05, 3.63) is 52.0 Å². The minimum atomic E-state index is -3.98. The zero-order valence-electron chi connectivity index (χ0n) is 14.5. The number of nitrogens with zero attached hydrogens (tertiary/aromatic N) is 1. The number of hydrogen-bond acceptors (Lipinski definition) is 4. The van der Waals surface area contributed by atoms with Crippen molar-refractivity contribution in [3.8, 4) is 5.75 Å². The first-order valence-electron chi connectivity index (χ1n) is 8.27. The van der Waals surface area contributed by atoms with Crippen LogP contribution in [-0.2, 0) is 10.0 Å². The highest BCUT2D eigenvalue weighted by Crippen LogP contribution is 2.32. The van der Waals surface area contributed by atoms with E-state index in [9.17, 15) is 13.2 Å². The molecule has 0 aliphatic carbocycles. The predicted octanol–water partition coefficient (Wildman–Crippen LogP) is 4.04. The largest absolute Gasteiger partial charge is 0.496 e. The van der Waals surface area contributed by atoms with E-state index in [2.05, 4.69) is 4.72 Å². The molecule has 1 fully saturated rings. The maximum absolute atomic E-state index is 12.8. The molecule has 144 valence electrons. The quantitative estimate of drug-likeness (QED) is 0.779. The van der Waals surface area contributed by atoms with Gasteiger partial charge in [0.2, 0.25) is 0 Å². The highest BCUT2D eigenvalue weighted by atomic mass is 35.5. The van der Waals surface area contributed by atoms with Crippen molar-refractivity contribution in [2.24, 2.45) is 0 Å². The van der Waals surface area contributed by atoms with Gasteiger partial charge >= 0.3 is 0 Å². The average molecular weight is 429 g/mol. The number of hydrogen-bond donors (Lipinski definition) is 1. The first-order chi connectivity index (χ1) is 12.8. The van der Waals surface area contributed by atoms with Crippen LogP contribution in [0.15, 0.2) is 41.3 Å². The normalized spacial score (nSPS) is 14.3. The molecule has 27 heavy (non-hydrogen) atoms. The summed E-state index contributed by atoms with van der Waals surface area (Å²) in [5.74, 6) is 0.0776. The fourth-order valence-corrected chi connectivity index (χ4v) is 4.40. The summed E-state index contributed by atoms with van der Waals surface area (Å²) in [6, 6.07) is 8.81.